The van der Waals surface area contributed by atoms with Gasteiger partial charge in [-0.15, -0.1) is 0 Å². The van der Waals surface area contributed by atoms with Gasteiger partial charge < -0.3 is 10.1 Å². The molecular formula is C17H17ClFNO2. The summed E-state index contributed by atoms with van der Waals surface area (Å²) in [7, 11) is 0. The Labute approximate surface area is 134 Å². The number of anilines is 1. The van der Waals surface area contributed by atoms with E-state index < -0.39 is 5.82 Å². The number of hydrogen-bond donors (Lipinski definition) is 1. The second kappa shape index (κ2) is 7.27. The number of rotatable bonds is 5. The molecule has 1 N–H and O–H groups in total. The summed E-state index contributed by atoms with van der Waals surface area (Å²) < 4.78 is 18.6. The first kappa shape index (κ1) is 16.3. The summed E-state index contributed by atoms with van der Waals surface area (Å²) in [6.45, 7) is 3.99. The lowest BCUT2D eigenvalue weighted by molar-refractivity contribution is -0.118. The molecule has 0 bridgehead atoms. The molecule has 0 heterocycles. The molecule has 0 spiro atoms. The van der Waals surface area contributed by atoms with Crippen molar-refractivity contribution in [3.8, 4) is 5.75 Å². The third kappa shape index (κ3) is 4.21. The Morgan fingerprint density at radius 2 is 2.00 bits per heavy atom. The molecule has 2 aromatic carbocycles. The monoisotopic (exact) mass is 321 g/mol. The molecule has 22 heavy (non-hydrogen) atoms. The molecule has 0 aliphatic rings. The van der Waals surface area contributed by atoms with Crippen molar-refractivity contribution < 1.29 is 13.9 Å². The van der Waals surface area contributed by atoms with Gasteiger partial charge in [-0.3, -0.25) is 4.79 Å². The number of benzene rings is 2. The summed E-state index contributed by atoms with van der Waals surface area (Å²) >= 11 is 5.67. The van der Waals surface area contributed by atoms with Gasteiger partial charge in [0.15, 0.2) is 6.61 Å². The van der Waals surface area contributed by atoms with Crippen LogP contribution in [0.2, 0.25) is 5.02 Å². The molecule has 116 valence electrons. The van der Waals surface area contributed by atoms with Gasteiger partial charge in [0.2, 0.25) is 0 Å². The summed E-state index contributed by atoms with van der Waals surface area (Å²) in [6, 6.07) is 11.6. The minimum Gasteiger partial charge on any atom is -0.483 e. The van der Waals surface area contributed by atoms with Crippen molar-refractivity contribution in [2.24, 2.45) is 0 Å². The lowest BCUT2D eigenvalue weighted by Gasteiger charge is -2.13. The first-order valence-electron chi connectivity index (χ1n) is 6.94. The van der Waals surface area contributed by atoms with Crippen LogP contribution in [0.25, 0.3) is 0 Å². The Hall–Kier alpha value is -2.07. The molecule has 3 nitrogen and oxygen atoms in total. The summed E-state index contributed by atoms with van der Waals surface area (Å²) in [5.41, 5.74) is 1.47. The van der Waals surface area contributed by atoms with Crippen LogP contribution in [0.15, 0.2) is 42.5 Å². The molecule has 0 saturated carbocycles. The van der Waals surface area contributed by atoms with Crippen molar-refractivity contribution in [3.05, 3.63) is 58.9 Å². The summed E-state index contributed by atoms with van der Waals surface area (Å²) in [5, 5.41) is 2.58. The van der Waals surface area contributed by atoms with Crippen LogP contribution >= 0.6 is 11.6 Å². The van der Waals surface area contributed by atoms with Crippen molar-refractivity contribution >= 4 is 23.2 Å². The molecule has 0 aliphatic heterocycles. The first-order chi connectivity index (χ1) is 10.5. The van der Waals surface area contributed by atoms with Crippen LogP contribution in [-0.4, -0.2) is 12.5 Å². The van der Waals surface area contributed by atoms with Gasteiger partial charge in [0, 0.05) is 5.69 Å². The van der Waals surface area contributed by atoms with Crippen LogP contribution in [0.5, 0.6) is 5.75 Å². The molecule has 2 aromatic rings. The van der Waals surface area contributed by atoms with Crippen LogP contribution < -0.4 is 10.1 Å². The predicted octanol–water partition coefficient (Wildman–Crippen LogP) is 4.62. The lowest BCUT2D eigenvalue weighted by Crippen LogP contribution is -2.20. The van der Waals surface area contributed by atoms with E-state index in [9.17, 15) is 9.18 Å². The van der Waals surface area contributed by atoms with Crippen molar-refractivity contribution in [1.29, 1.82) is 0 Å². The van der Waals surface area contributed by atoms with E-state index in [2.05, 4.69) is 19.2 Å². The van der Waals surface area contributed by atoms with E-state index in [0.29, 0.717) is 17.4 Å². The maximum absolute atomic E-state index is 13.1. The van der Waals surface area contributed by atoms with Crippen LogP contribution in [0.4, 0.5) is 10.1 Å². The Kier molecular flexibility index (Phi) is 5.39. The smallest absolute Gasteiger partial charge is 0.262 e. The maximum atomic E-state index is 13.1. The fraction of sp³-hybridized carbons (Fsp3) is 0.235. The lowest BCUT2D eigenvalue weighted by atomic mass is 10.0. The molecule has 0 aliphatic carbocycles. The Morgan fingerprint density at radius 3 is 2.68 bits per heavy atom. The molecule has 0 aromatic heterocycles. The van der Waals surface area contributed by atoms with E-state index in [0.717, 1.165) is 5.56 Å². The number of hydrogen-bond acceptors (Lipinski definition) is 2. The highest BCUT2D eigenvalue weighted by Gasteiger charge is 2.10. The van der Waals surface area contributed by atoms with Crippen LogP contribution in [-0.2, 0) is 4.79 Å². The summed E-state index contributed by atoms with van der Waals surface area (Å²) in [4.78, 5) is 11.9. The zero-order chi connectivity index (χ0) is 16.1. The highest BCUT2D eigenvalue weighted by molar-refractivity contribution is 6.31. The number of amides is 1. The molecule has 0 atom stereocenters. The van der Waals surface area contributed by atoms with Gasteiger partial charge in [0.05, 0.1) is 5.02 Å². The number of ether oxygens (including phenoxy) is 1. The highest BCUT2D eigenvalue weighted by atomic mass is 35.5. The molecule has 2 rings (SSSR count). The Morgan fingerprint density at radius 1 is 1.27 bits per heavy atom. The first-order valence-corrected chi connectivity index (χ1v) is 7.32. The van der Waals surface area contributed by atoms with Crippen molar-refractivity contribution in [2.45, 2.75) is 19.8 Å². The van der Waals surface area contributed by atoms with Gasteiger partial charge in [-0.2, -0.15) is 0 Å². The topological polar surface area (TPSA) is 38.3 Å². The van der Waals surface area contributed by atoms with E-state index in [4.69, 9.17) is 16.3 Å². The maximum Gasteiger partial charge on any atom is 0.262 e. The number of halogens is 2. The van der Waals surface area contributed by atoms with Crippen LogP contribution in [0, 0.1) is 5.82 Å². The predicted molar refractivity (Wildman–Crippen MR) is 86.1 cm³/mol. The highest BCUT2D eigenvalue weighted by Crippen LogP contribution is 2.26. The summed E-state index contributed by atoms with van der Waals surface area (Å²) in [5.74, 6) is 0.128. The Bertz CT molecular complexity index is 673. The van der Waals surface area contributed by atoms with E-state index in [1.54, 1.807) is 0 Å². The molecule has 0 radical (unpaired) electrons. The fourth-order valence-corrected chi connectivity index (χ4v) is 2.18. The van der Waals surface area contributed by atoms with Gasteiger partial charge in [-0.05, 0) is 35.7 Å². The van der Waals surface area contributed by atoms with Gasteiger partial charge in [-0.25, -0.2) is 4.39 Å². The minimum absolute atomic E-state index is 0.0381. The average molecular weight is 322 g/mol. The van der Waals surface area contributed by atoms with Crippen molar-refractivity contribution in [3.63, 3.8) is 0 Å². The Balaban J connectivity index is 1.97. The van der Waals surface area contributed by atoms with E-state index >= 15 is 0 Å². The zero-order valence-electron chi connectivity index (χ0n) is 12.4. The van der Waals surface area contributed by atoms with Crippen molar-refractivity contribution in [1.82, 2.24) is 0 Å². The third-order valence-corrected chi connectivity index (χ3v) is 3.39. The normalized spacial score (nSPS) is 10.6. The molecule has 1 amide bonds. The third-order valence-electron chi connectivity index (χ3n) is 3.10. The van der Waals surface area contributed by atoms with Crippen molar-refractivity contribution in [2.75, 3.05) is 11.9 Å². The molecule has 5 heteroatoms. The number of carbonyl (C=O) groups is 1. The largest absolute Gasteiger partial charge is 0.483 e. The minimum atomic E-state index is -0.526. The van der Waals surface area contributed by atoms with Crippen LogP contribution in [0.3, 0.4) is 0 Å². The number of carbonyl (C=O) groups excluding carboxylic acids is 1. The van der Waals surface area contributed by atoms with Gasteiger partial charge in [0.25, 0.3) is 5.91 Å². The van der Waals surface area contributed by atoms with Crippen LogP contribution in [0.1, 0.15) is 25.3 Å². The standard InChI is InChI=1S/C17H17ClFNO2/c1-11(2)13-5-3-4-6-16(13)22-10-17(21)20-12-7-8-15(19)14(18)9-12/h3-9,11H,10H2,1-2H3,(H,20,21). The fourth-order valence-electron chi connectivity index (χ4n) is 2.00. The zero-order valence-corrected chi connectivity index (χ0v) is 13.2. The number of para-hydroxylation sites is 1. The molecule has 0 saturated heterocycles. The second-order valence-electron chi connectivity index (χ2n) is 5.16. The van der Waals surface area contributed by atoms with Gasteiger partial charge in [0.1, 0.15) is 11.6 Å². The van der Waals surface area contributed by atoms with E-state index in [1.807, 2.05) is 24.3 Å². The van der Waals surface area contributed by atoms with Gasteiger partial charge >= 0.3 is 0 Å². The van der Waals surface area contributed by atoms with E-state index in [-0.39, 0.29) is 17.5 Å². The molecular weight excluding hydrogens is 305 g/mol. The molecule has 0 fully saturated rings. The average Bonchev–Trinajstić information content (AvgIpc) is 2.49. The second-order valence-corrected chi connectivity index (χ2v) is 5.57. The SMILES string of the molecule is CC(C)c1ccccc1OCC(=O)Nc1ccc(F)c(Cl)c1. The van der Waals surface area contributed by atoms with Gasteiger partial charge in [-0.1, -0.05) is 43.6 Å². The number of nitrogens with one attached hydrogen (secondary N) is 1. The van der Waals surface area contributed by atoms with E-state index in [1.165, 1.54) is 18.2 Å². The quantitative estimate of drug-likeness (QED) is 0.872. The molecule has 0 unspecified atom stereocenters. The summed E-state index contributed by atoms with van der Waals surface area (Å²) in [6.07, 6.45) is 0.